The van der Waals surface area contributed by atoms with Gasteiger partial charge < -0.3 is 0 Å². The molecule has 17 heavy (non-hydrogen) atoms. The van der Waals surface area contributed by atoms with E-state index in [1.807, 2.05) is 0 Å². The molecule has 0 fully saturated rings. The first-order chi connectivity index (χ1) is 8.13. The van der Waals surface area contributed by atoms with Crippen LogP contribution in [0.25, 0.3) is 16.7 Å². The molecule has 86 valence electrons. The molecule has 0 bridgehead atoms. The molecular weight excluding hydrogens is 241 g/mol. The Bertz CT molecular complexity index is 622. The summed E-state index contributed by atoms with van der Waals surface area (Å²) in [5, 5.41) is 0.388. The van der Waals surface area contributed by atoms with Crippen molar-refractivity contribution in [3.8, 4) is 0 Å². The molecule has 0 aromatic carbocycles. The van der Waals surface area contributed by atoms with Gasteiger partial charge in [0.25, 0.3) is 0 Å². The van der Waals surface area contributed by atoms with Crippen LogP contribution < -0.4 is 0 Å². The highest BCUT2D eigenvalue weighted by molar-refractivity contribution is 6.34. The van der Waals surface area contributed by atoms with Crippen molar-refractivity contribution in [2.24, 2.45) is 0 Å². The molecule has 2 aromatic heterocycles. The second kappa shape index (κ2) is 4.59. The third-order valence-corrected chi connectivity index (χ3v) is 2.54. The molecule has 2 aromatic rings. The molecule has 2 rings (SSSR count). The van der Waals surface area contributed by atoms with Crippen molar-refractivity contribution in [1.29, 1.82) is 0 Å². The van der Waals surface area contributed by atoms with Crippen molar-refractivity contribution in [2.75, 3.05) is 0 Å². The van der Waals surface area contributed by atoms with Crippen molar-refractivity contribution >= 4 is 28.3 Å². The second-order valence-corrected chi connectivity index (χ2v) is 3.73. The quantitative estimate of drug-likeness (QED) is 0.764. The molecule has 0 radical (unpaired) electrons. The molecule has 3 nitrogen and oxygen atoms in total. The van der Waals surface area contributed by atoms with E-state index in [0.717, 1.165) is 0 Å². The van der Waals surface area contributed by atoms with Crippen LogP contribution in [0.15, 0.2) is 36.9 Å². The highest BCUT2D eigenvalue weighted by atomic mass is 35.5. The van der Waals surface area contributed by atoms with Gasteiger partial charge in [-0.3, -0.25) is 0 Å². The standard InChI is InChI=1S/C12H9ClFN3/c1-3-8(7(2)14)10-6-9(13)11-12(17-10)16-5-4-15-11/h3-6H,2H2,1H3. The predicted molar refractivity (Wildman–Crippen MR) is 66.2 cm³/mol. The Morgan fingerprint density at radius 2 is 2.12 bits per heavy atom. The molecule has 0 saturated carbocycles. The monoisotopic (exact) mass is 249 g/mol. The van der Waals surface area contributed by atoms with Crippen molar-refractivity contribution in [3.63, 3.8) is 0 Å². The minimum atomic E-state index is -0.556. The first-order valence-electron chi connectivity index (χ1n) is 4.92. The fourth-order valence-corrected chi connectivity index (χ4v) is 1.73. The van der Waals surface area contributed by atoms with Gasteiger partial charge in [0.05, 0.1) is 10.7 Å². The zero-order valence-corrected chi connectivity index (χ0v) is 9.87. The second-order valence-electron chi connectivity index (χ2n) is 3.33. The third-order valence-electron chi connectivity index (χ3n) is 2.25. The fraction of sp³-hybridized carbons (Fsp3) is 0.0833. The zero-order valence-electron chi connectivity index (χ0n) is 9.11. The molecule has 0 amide bonds. The lowest BCUT2D eigenvalue weighted by atomic mass is 10.1. The smallest absolute Gasteiger partial charge is 0.180 e. The topological polar surface area (TPSA) is 38.7 Å². The Hall–Kier alpha value is -1.81. The molecule has 0 N–H and O–H groups in total. The molecule has 0 spiro atoms. The van der Waals surface area contributed by atoms with Gasteiger partial charge in [0.2, 0.25) is 0 Å². The number of aromatic nitrogens is 3. The van der Waals surface area contributed by atoms with Crippen LogP contribution in [0.5, 0.6) is 0 Å². The van der Waals surface area contributed by atoms with E-state index in [1.54, 1.807) is 19.1 Å². The average molecular weight is 250 g/mol. The van der Waals surface area contributed by atoms with Gasteiger partial charge >= 0.3 is 0 Å². The number of hydrogen-bond donors (Lipinski definition) is 0. The number of hydrogen-bond acceptors (Lipinski definition) is 3. The SMILES string of the molecule is C=C(F)C(=CC)c1cc(Cl)c2nccnc2n1. The lowest BCUT2D eigenvalue weighted by Gasteiger charge is -2.05. The van der Waals surface area contributed by atoms with Crippen LogP contribution >= 0.6 is 11.6 Å². The maximum absolute atomic E-state index is 13.2. The van der Waals surface area contributed by atoms with Gasteiger partial charge in [-0.05, 0) is 13.0 Å². The lowest BCUT2D eigenvalue weighted by molar-refractivity contribution is 0.677. The van der Waals surface area contributed by atoms with E-state index in [4.69, 9.17) is 11.6 Å². The van der Waals surface area contributed by atoms with E-state index in [-0.39, 0.29) is 0 Å². The fourth-order valence-electron chi connectivity index (χ4n) is 1.50. The predicted octanol–water partition coefficient (Wildman–Crippen LogP) is 3.56. The molecule has 0 unspecified atom stereocenters. The van der Waals surface area contributed by atoms with Crippen LogP contribution in [0.1, 0.15) is 12.6 Å². The molecule has 0 aliphatic rings. The number of pyridine rings is 1. The largest absolute Gasteiger partial charge is 0.250 e. The van der Waals surface area contributed by atoms with Gasteiger partial charge in [0, 0.05) is 18.0 Å². The van der Waals surface area contributed by atoms with Crippen LogP contribution in [0.4, 0.5) is 4.39 Å². The summed E-state index contributed by atoms with van der Waals surface area (Å²) < 4.78 is 13.2. The van der Waals surface area contributed by atoms with Gasteiger partial charge in [-0.1, -0.05) is 24.3 Å². The highest BCUT2D eigenvalue weighted by Gasteiger charge is 2.11. The van der Waals surface area contributed by atoms with E-state index in [0.29, 0.717) is 27.5 Å². The van der Waals surface area contributed by atoms with Crippen LogP contribution in [-0.4, -0.2) is 15.0 Å². The van der Waals surface area contributed by atoms with Crippen LogP contribution in [0.2, 0.25) is 5.02 Å². The summed E-state index contributed by atoms with van der Waals surface area (Å²) in [4.78, 5) is 12.3. The number of rotatable bonds is 2. The van der Waals surface area contributed by atoms with Crippen molar-refractivity contribution in [2.45, 2.75) is 6.92 Å². The maximum atomic E-state index is 13.2. The van der Waals surface area contributed by atoms with Gasteiger partial charge in [-0.15, -0.1) is 0 Å². The summed E-state index contributed by atoms with van der Waals surface area (Å²) in [6, 6.07) is 1.55. The van der Waals surface area contributed by atoms with Crippen molar-refractivity contribution in [1.82, 2.24) is 15.0 Å². The van der Waals surface area contributed by atoms with E-state index in [1.165, 1.54) is 12.4 Å². The third kappa shape index (κ3) is 2.17. The normalized spacial score (nSPS) is 11.8. The van der Waals surface area contributed by atoms with Gasteiger partial charge in [0.1, 0.15) is 11.3 Å². The van der Waals surface area contributed by atoms with Crippen LogP contribution in [-0.2, 0) is 0 Å². The lowest BCUT2D eigenvalue weighted by Crippen LogP contribution is -1.94. The first kappa shape index (κ1) is 11.7. The number of fused-ring (bicyclic) bond motifs is 1. The first-order valence-corrected chi connectivity index (χ1v) is 5.30. The molecule has 2 heterocycles. The summed E-state index contributed by atoms with van der Waals surface area (Å²) >= 11 is 6.05. The maximum Gasteiger partial charge on any atom is 0.180 e. The Balaban J connectivity index is 2.69. The number of halogens is 2. The Kier molecular flexibility index (Phi) is 3.15. The van der Waals surface area contributed by atoms with Gasteiger partial charge in [-0.2, -0.15) is 0 Å². The summed E-state index contributed by atoms with van der Waals surface area (Å²) in [6.07, 6.45) is 4.62. The van der Waals surface area contributed by atoms with Crippen molar-refractivity contribution < 1.29 is 4.39 Å². The average Bonchev–Trinajstić information content (AvgIpc) is 2.29. The summed E-state index contributed by atoms with van der Waals surface area (Å²) in [7, 11) is 0. The molecule has 0 atom stereocenters. The van der Waals surface area contributed by atoms with Crippen LogP contribution in [0.3, 0.4) is 0 Å². The molecule has 0 aliphatic carbocycles. The zero-order chi connectivity index (χ0) is 12.4. The van der Waals surface area contributed by atoms with E-state index in [2.05, 4.69) is 21.5 Å². The Morgan fingerprint density at radius 3 is 2.76 bits per heavy atom. The number of allylic oxidation sites excluding steroid dienone is 3. The summed E-state index contributed by atoms with van der Waals surface area (Å²) in [5.41, 5.74) is 1.59. The molecule has 0 aliphatic heterocycles. The van der Waals surface area contributed by atoms with Crippen molar-refractivity contribution in [3.05, 3.63) is 47.7 Å². The van der Waals surface area contributed by atoms with Crippen LogP contribution in [0, 0.1) is 0 Å². The molecular formula is C12H9ClFN3. The molecule has 5 heteroatoms. The molecule has 0 saturated heterocycles. The highest BCUT2D eigenvalue weighted by Crippen LogP contribution is 2.26. The minimum Gasteiger partial charge on any atom is -0.250 e. The van der Waals surface area contributed by atoms with E-state index >= 15 is 0 Å². The summed E-state index contributed by atoms with van der Waals surface area (Å²) in [5.74, 6) is -0.556. The van der Waals surface area contributed by atoms with E-state index < -0.39 is 5.83 Å². The van der Waals surface area contributed by atoms with Gasteiger partial charge in [-0.25, -0.2) is 19.3 Å². The van der Waals surface area contributed by atoms with Gasteiger partial charge in [0.15, 0.2) is 5.65 Å². The Labute approximate surface area is 103 Å². The number of nitrogens with zero attached hydrogens (tertiary/aromatic N) is 3. The Morgan fingerprint density at radius 1 is 1.41 bits per heavy atom. The van der Waals surface area contributed by atoms with E-state index in [9.17, 15) is 4.39 Å². The minimum absolute atomic E-state index is 0.305. The summed E-state index contributed by atoms with van der Waals surface area (Å²) in [6.45, 7) is 4.96.